The van der Waals surface area contributed by atoms with Crippen LogP contribution < -0.4 is 4.74 Å². The van der Waals surface area contributed by atoms with Gasteiger partial charge in [0.2, 0.25) is 0 Å². The van der Waals surface area contributed by atoms with Crippen LogP contribution in [0, 0.1) is 6.92 Å². The molecular weight excluding hydrogens is 292 g/mol. The van der Waals surface area contributed by atoms with E-state index >= 15 is 0 Å². The SMILES string of the molecule is CCCc1cc(CCC)c(-c2ccc(OC)cc2)c(CCC)c1C. The maximum Gasteiger partial charge on any atom is 0.118 e. The number of benzene rings is 2. The second-order valence-electron chi connectivity index (χ2n) is 6.65. The Morgan fingerprint density at radius 1 is 0.792 bits per heavy atom. The van der Waals surface area contributed by atoms with Gasteiger partial charge in [0, 0.05) is 0 Å². The van der Waals surface area contributed by atoms with Crippen molar-refractivity contribution in [1.29, 1.82) is 0 Å². The molecule has 0 radical (unpaired) electrons. The summed E-state index contributed by atoms with van der Waals surface area (Å²) in [4.78, 5) is 0. The number of hydrogen-bond acceptors (Lipinski definition) is 1. The van der Waals surface area contributed by atoms with Gasteiger partial charge in [0.05, 0.1) is 7.11 Å². The number of aryl methyl sites for hydroxylation is 2. The summed E-state index contributed by atoms with van der Waals surface area (Å²) in [5.74, 6) is 0.923. The van der Waals surface area contributed by atoms with Gasteiger partial charge in [0.25, 0.3) is 0 Å². The molecule has 0 aliphatic carbocycles. The van der Waals surface area contributed by atoms with Crippen LogP contribution in [0.4, 0.5) is 0 Å². The zero-order chi connectivity index (χ0) is 17.5. The van der Waals surface area contributed by atoms with Crippen LogP contribution in [0.15, 0.2) is 30.3 Å². The van der Waals surface area contributed by atoms with E-state index < -0.39 is 0 Å². The van der Waals surface area contributed by atoms with E-state index in [-0.39, 0.29) is 0 Å². The molecule has 1 heteroatoms. The Bertz CT molecular complexity index is 653. The van der Waals surface area contributed by atoms with Gasteiger partial charge in [0.1, 0.15) is 5.75 Å². The summed E-state index contributed by atoms with van der Waals surface area (Å²) >= 11 is 0. The van der Waals surface area contributed by atoms with Crippen molar-refractivity contribution in [2.75, 3.05) is 7.11 Å². The van der Waals surface area contributed by atoms with Gasteiger partial charge in [-0.2, -0.15) is 0 Å². The lowest BCUT2D eigenvalue weighted by molar-refractivity contribution is 0.415. The van der Waals surface area contributed by atoms with Gasteiger partial charge < -0.3 is 4.74 Å². The molecule has 0 saturated heterocycles. The van der Waals surface area contributed by atoms with Crippen LogP contribution in [0.1, 0.15) is 62.3 Å². The lowest BCUT2D eigenvalue weighted by atomic mass is 9.84. The van der Waals surface area contributed by atoms with Crippen LogP contribution in [-0.4, -0.2) is 7.11 Å². The summed E-state index contributed by atoms with van der Waals surface area (Å²) in [6.07, 6.45) is 7.06. The highest BCUT2D eigenvalue weighted by molar-refractivity contribution is 5.74. The summed E-state index contributed by atoms with van der Waals surface area (Å²) in [5, 5.41) is 0. The zero-order valence-corrected chi connectivity index (χ0v) is 16.0. The first-order chi connectivity index (χ1) is 11.7. The van der Waals surface area contributed by atoms with E-state index in [1.54, 1.807) is 18.2 Å². The summed E-state index contributed by atoms with van der Waals surface area (Å²) in [6, 6.07) is 11.1. The Kier molecular flexibility index (Phi) is 6.90. The van der Waals surface area contributed by atoms with Gasteiger partial charge in [-0.05, 0) is 71.7 Å². The molecule has 0 fully saturated rings. The highest BCUT2D eigenvalue weighted by Gasteiger charge is 2.16. The Hall–Kier alpha value is -1.76. The molecule has 2 aromatic rings. The lowest BCUT2D eigenvalue weighted by Gasteiger charge is -2.21. The molecule has 130 valence electrons. The van der Waals surface area contributed by atoms with Crippen molar-refractivity contribution in [3.05, 3.63) is 52.6 Å². The zero-order valence-electron chi connectivity index (χ0n) is 16.0. The van der Waals surface area contributed by atoms with Crippen LogP contribution in [0.3, 0.4) is 0 Å². The van der Waals surface area contributed by atoms with Gasteiger partial charge in [0.15, 0.2) is 0 Å². The van der Waals surface area contributed by atoms with E-state index in [0.29, 0.717) is 0 Å². The topological polar surface area (TPSA) is 9.23 Å². The number of rotatable bonds is 8. The maximum atomic E-state index is 5.34. The monoisotopic (exact) mass is 324 g/mol. The molecule has 0 atom stereocenters. The number of hydrogen-bond donors (Lipinski definition) is 0. The highest BCUT2D eigenvalue weighted by atomic mass is 16.5. The smallest absolute Gasteiger partial charge is 0.118 e. The van der Waals surface area contributed by atoms with Crippen molar-refractivity contribution in [3.63, 3.8) is 0 Å². The van der Waals surface area contributed by atoms with E-state index in [4.69, 9.17) is 4.74 Å². The molecule has 0 aromatic heterocycles. The third-order valence-corrected chi connectivity index (χ3v) is 4.82. The van der Waals surface area contributed by atoms with Gasteiger partial charge >= 0.3 is 0 Å². The maximum absolute atomic E-state index is 5.34. The van der Waals surface area contributed by atoms with E-state index in [0.717, 1.165) is 18.6 Å². The van der Waals surface area contributed by atoms with Crippen molar-refractivity contribution in [1.82, 2.24) is 0 Å². The van der Waals surface area contributed by atoms with Crippen molar-refractivity contribution in [2.24, 2.45) is 0 Å². The van der Waals surface area contributed by atoms with Gasteiger partial charge in [-0.15, -0.1) is 0 Å². The minimum absolute atomic E-state index is 0.923. The fourth-order valence-corrected chi connectivity index (χ4v) is 3.64. The Morgan fingerprint density at radius 2 is 1.38 bits per heavy atom. The first kappa shape index (κ1) is 18.6. The Balaban J connectivity index is 2.66. The summed E-state index contributed by atoms with van der Waals surface area (Å²) in [5.41, 5.74) is 8.91. The van der Waals surface area contributed by atoms with E-state index in [9.17, 15) is 0 Å². The van der Waals surface area contributed by atoms with Crippen LogP contribution in [0.2, 0.25) is 0 Å². The number of ether oxygens (including phenoxy) is 1. The van der Waals surface area contributed by atoms with Gasteiger partial charge in [-0.1, -0.05) is 58.2 Å². The molecule has 0 heterocycles. The molecule has 0 aliphatic heterocycles. The molecule has 1 nitrogen and oxygen atoms in total. The average Bonchev–Trinajstić information content (AvgIpc) is 2.60. The fourth-order valence-electron chi connectivity index (χ4n) is 3.64. The van der Waals surface area contributed by atoms with Crippen molar-refractivity contribution in [2.45, 2.75) is 66.2 Å². The molecule has 0 spiro atoms. The molecule has 2 aromatic carbocycles. The second-order valence-corrected chi connectivity index (χ2v) is 6.65. The first-order valence-electron chi connectivity index (χ1n) is 9.44. The third-order valence-electron chi connectivity index (χ3n) is 4.82. The van der Waals surface area contributed by atoms with Crippen LogP contribution >= 0.6 is 0 Å². The molecule has 0 aliphatic rings. The quantitative estimate of drug-likeness (QED) is 0.536. The van der Waals surface area contributed by atoms with Crippen LogP contribution in [0.25, 0.3) is 11.1 Å². The van der Waals surface area contributed by atoms with Crippen molar-refractivity contribution >= 4 is 0 Å². The normalized spacial score (nSPS) is 10.9. The third kappa shape index (κ3) is 4.01. The second kappa shape index (κ2) is 8.92. The van der Waals surface area contributed by atoms with E-state index in [1.807, 2.05) is 0 Å². The first-order valence-corrected chi connectivity index (χ1v) is 9.44. The van der Waals surface area contributed by atoms with Crippen LogP contribution in [-0.2, 0) is 19.3 Å². The molecular formula is C23H32O. The van der Waals surface area contributed by atoms with E-state index in [1.165, 1.54) is 47.9 Å². The predicted octanol–water partition coefficient (Wildman–Crippen LogP) is 6.53. The molecule has 0 amide bonds. The molecule has 0 unspecified atom stereocenters. The molecule has 0 N–H and O–H groups in total. The van der Waals surface area contributed by atoms with Gasteiger partial charge in [-0.3, -0.25) is 0 Å². The van der Waals surface area contributed by atoms with Gasteiger partial charge in [-0.25, -0.2) is 0 Å². The predicted molar refractivity (Wildman–Crippen MR) is 105 cm³/mol. The molecule has 24 heavy (non-hydrogen) atoms. The van der Waals surface area contributed by atoms with Crippen LogP contribution in [0.5, 0.6) is 5.75 Å². The van der Waals surface area contributed by atoms with Crippen molar-refractivity contribution in [3.8, 4) is 16.9 Å². The van der Waals surface area contributed by atoms with E-state index in [2.05, 4.69) is 58.0 Å². The minimum atomic E-state index is 0.923. The standard InChI is InChI=1S/C23H32O/c1-6-9-19-16-20(10-7-2)23(22(11-8-3)17(19)4)18-12-14-21(24-5)15-13-18/h12-16H,6-11H2,1-5H3. The minimum Gasteiger partial charge on any atom is -0.497 e. The average molecular weight is 325 g/mol. The fraction of sp³-hybridized carbons (Fsp3) is 0.478. The highest BCUT2D eigenvalue weighted by Crippen LogP contribution is 2.35. The summed E-state index contributed by atoms with van der Waals surface area (Å²) < 4.78 is 5.34. The molecule has 0 bridgehead atoms. The number of methoxy groups -OCH3 is 1. The Labute approximate surface area is 148 Å². The van der Waals surface area contributed by atoms with Crippen molar-refractivity contribution < 1.29 is 4.74 Å². The lowest BCUT2D eigenvalue weighted by Crippen LogP contribution is -2.04. The summed E-state index contributed by atoms with van der Waals surface area (Å²) in [6.45, 7) is 9.15. The largest absolute Gasteiger partial charge is 0.497 e. The molecule has 0 saturated carbocycles. The molecule has 2 rings (SSSR count). The summed E-state index contributed by atoms with van der Waals surface area (Å²) in [7, 11) is 1.73. The Morgan fingerprint density at radius 3 is 1.92 bits per heavy atom.